The molecule has 0 radical (unpaired) electrons. The van der Waals surface area contributed by atoms with Crippen LogP contribution in [0.3, 0.4) is 0 Å². The highest BCUT2D eigenvalue weighted by Gasteiger charge is 2.10. The lowest BCUT2D eigenvalue weighted by atomic mass is 10.2. The molecule has 3 rings (SSSR count). The molecule has 7 heteroatoms. The Balaban J connectivity index is 1.66. The minimum Gasteiger partial charge on any atom is -0.486 e. The quantitative estimate of drug-likeness (QED) is 0.309. The van der Waals surface area contributed by atoms with Gasteiger partial charge >= 0.3 is 0 Å². The van der Waals surface area contributed by atoms with Crippen molar-refractivity contribution in [2.45, 2.75) is 6.61 Å². The van der Waals surface area contributed by atoms with Crippen LogP contribution in [0.2, 0.25) is 5.02 Å². The van der Waals surface area contributed by atoms with Crippen molar-refractivity contribution in [3.05, 3.63) is 97.4 Å². The van der Waals surface area contributed by atoms with Gasteiger partial charge in [-0.25, -0.2) is 5.43 Å². The Hall–Kier alpha value is -2.15. The fourth-order valence-electron chi connectivity index (χ4n) is 2.38. The summed E-state index contributed by atoms with van der Waals surface area (Å²) in [5, 5.41) is 4.67. The lowest BCUT2D eigenvalue weighted by molar-refractivity contribution is 0.0955. The first-order valence-electron chi connectivity index (χ1n) is 8.28. The molecule has 28 heavy (non-hydrogen) atoms. The van der Waals surface area contributed by atoms with Gasteiger partial charge in [0.25, 0.3) is 5.91 Å². The van der Waals surface area contributed by atoms with Crippen molar-refractivity contribution in [2.75, 3.05) is 0 Å². The summed E-state index contributed by atoms with van der Waals surface area (Å²) in [7, 11) is 0. The third-order valence-electron chi connectivity index (χ3n) is 3.77. The number of amides is 1. The molecule has 0 saturated heterocycles. The van der Waals surface area contributed by atoms with Crippen molar-refractivity contribution in [2.24, 2.45) is 5.10 Å². The molecule has 0 fully saturated rings. The number of benzene rings is 3. The predicted octanol–water partition coefficient (Wildman–Crippen LogP) is 6.21. The highest BCUT2D eigenvalue weighted by atomic mass is 79.9. The molecule has 0 atom stereocenters. The monoisotopic (exact) mass is 520 g/mol. The Morgan fingerprint density at radius 1 is 1.04 bits per heavy atom. The first-order valence-corrected chi connectivity index (χ1v) is 10.2. The second-order valence-corrected chi connectivity index (χ2v) is 7.87. The van der Waals surface area contributed by atoms with Crippen LogP contribution in [-0.4, -0.2) is 12.1 Å². The van der Waals surface area contributed by atoms with E-state index < -0.39 is 0 Å². The molecule has 3 aromatic rings. The van der Waals surface area contributed by atoms with E-state index in [-0.39, 0.29) is 5.91 Å². The van der Waals surface area contributed by atoms with Gasteiger partial charge < -0.3 is 4.74 Å². The Kier molecular flexibility index (Phi) is 7.25. The summed E-state index contributed by atoms with van der Waals surface area (Å²) in [5.74, 6) is 0.389. The van der Waals surface area contributed by atoms with Crippen LogP contribution in [0, 0.1) is 0 Å². The first-order chi connectivity index (χ1) is 13.5. The zero-order chi connectivity index (χ0) is 19.9. The van der Waals surface area contributed by atoms with Gasteiger partial charge in [0.05, 0.1) is 15.2 Å². The topological polar surface area (TPSA) is 50.7 Å². The second-order valence-electron chi connectivity index (χ2n) is 5.76. The van der Waals surface area contributed by atoms with E-state index in [1.54, 1.807) is 30.5 Å². The number of nitrogens with zero attached hydrogens (tertiary/aromatic N) is 1. The average molecular weight is 523 g/mol. The number of ether oxygens (including phenoxy) is 1. The fourth-order valence-corrected chi connectivity index (χ4v) is 4.02. The van der Waals surface area contributed by atoms with Crippen LogP contribution in [-0.2, 0) is 6.61 Å². The summed E-state index contributed by atoms with van der Waals surface area (Å²) in [6.07, 6.45) is 1.56. The summed E-state index contributed by atoms with van der Waals surface area (Å²) in [4.78, 5) is 12.0. The predicted molar refractivity (Wildman–Crippen MR) is 119 cm³/mol. The SMILES string of the molecule is O=C(N/N=C\c1cc(Br)c(OCc2ccccc2Cl)c(Br)c1)c1ccccc1. The van der Waals surface area contributed by atoms with E-state index in [0.29, 0.717) is 22.9 Å². The number of rotatable bonds is 6. The highest BCUT2D eigenvalue weighted by molar-refractivity contribution is 9.11. The molecule has 0 spiro atoms. The molecule has 1 N–H and O–H groups in total. The standard InChI is InChI=1S/C21H15Br2ClN2O2/c22-17-10-14(12-25-26-21(27)15-6-2-1-3-7-15)11-18(23)20(17)28-13-16-8-4-5-9-19(16)24/h1-12H,13H2,(H,26,27)/b25-12-. The van der Waals surface area contributed by atoms with Crippen molar-refractivity contribution in [3.8, 4) is 5.75 Å². The summed E-state index contributed by atoms with van der Waals surface area (Å²) in [6, 6.07) is 20.1. The molecule has 4 nitrogen and oxygen atoms in total. The third kappa shape index (κ3) is 5.44. The van der Waals surface area contributed by atoms with E-state index in [9.17, 15) is 4.79 Å². The maximum absolute atomic E-state index is 12.0. The van der Waals surface area contributed by atoms with Gasteiger partial charge in [-0.05, 0) is 67.8 Å². The zero-order valence-corrected chi connectivity index (χ0v) is 18.5. The molecule has 0 aromatic heterocycles. The Bertz CT molecular complexity index is 987. The fraction of sp³-hybridized carbons (Fsp3) is 0.0476. The number of carbonyl (C=O) groups excluding carboxylic acids is 1. The molecule has 0 bridgehead atoms. The molecule has 0 aliphatic carbocycles. The summed E-state index contributed by atoms with van der Waals surface area (Å²) in [5.41, 5.74) is 4.74. The summed E-state index contributed by atoms with van der Waals surface area (Å²) in [6.45, 7) is 0.345. The molecular weight excluding hydrogens is 508 g/mol. The number of hydrogen-bond donors (Lipinski definition) is 1. The molecule has 0 aliphatic rings. The van der Waals surface area contributed by atoms with E-state index in [2.05, 4.69) is 42.4 Å². The lowest BCUT2D eigenvalue weighted by Crippen LogP contribution is -2.17. The van der Waals surface area contributed by atoms with E-state index in [1.807, 2.05) is 42.5 Å². The number of hydrogen-bond acceptors (Lipinski definition) is 3. The highest BCUT2D eigenvalue weighted by Crippen LogP contribution is 2.35. The number of halogens is 3. The molecule has 3 aromatic carbocycles. The molecule has 0 saturated carbocycles. The minimum atomic E-state index is -0.269. The van der Waals surface area contributed by atoms with Gasteiger partial charge in [0, 0.05) is 16.1 Å². The molecular formula is C21H15Br2ClN2O2. The van der Waals surface area contributed by atoms with Crippen LogP contribution in [0.25, 0.3) is 0 Å². The largest absolute Gasteiger partial charge is 0.486 e. The normalized spacial score (nSPS) is 10.8. The van der Waals surface area contributed by atoms with E-state index in [0.717, 1.165) is 20.1 Å². The van der Waals surface area contributed by atoms with Crippen LogP contribution in [0.4, 0.5) is 0 Å². The second kappa shape index (κ2) is 9.87. The maximum Gasteiger partial charge on any atom is 0.271 e. The number of hydrazone groups is 1. The van der Waals surface area contributed by atoms with Crippen LogP contribution < -0.4 is 10.2 Å². The van der Waals surface area contributed by atoms with Gasteiger partial charge in [-0.3, -0.25) is 4.79 Å². The van der Waals surface area contributed by atoms with Crippen molar-refractivity contribution in [1.82, 2.24) is 5.43 Å². The minimum absolute atomic E-state index is 0.269. The van der Waals surface area contributed by atoms with Crippen LogP contribution in [0.15, 0.2) is 80.8 Å². The molecule has 1 amide bonds. The lowest BCUT2D eigenvalue weighted by Gasteiger charge is -2.12. The van der Waals surface area contributed by atoms with Crippen molar-refractivity contribution < 1.29 is 9.53 Å². The van der Waals surface area contributed by atoms with Gasteiger partial charge in [-0.2, -0.15) is 5.10 Å². The molecule has 0 unspecified atom stereocenters. The Morgan fingerprint density at radius 2 is 1.68 bits per heavy atom. The molecule has 142 valence electrons. The van der Waals surface area contributed by atoms with Crippen LogP contribution >= 0.6 is 43.5 Å². The molecule has 0 heterocycles. The zero-order valence-electron chi connectivity index (χ0n) is 14.5. The average Bonchev–Trinajstić information content (AvgIpc) is 2.69. The van der Waals surface area contributed by atoms with Crippen molar-refractivity contribution in [3.63, 3.8) is 0 Å². The summed E-state index contributed by atoms with van der Waals surface area (Å²) >= 11 is 13.2. The van der Waals surface area contributed by atoms with E-state index in [1.165, 1.54) is 0 Å². The Labute approximate surface area is 184 Å². The maximum atomic E-state index is 12.0. The number of carbonyl (C=O) groups is 1. The third-order valence-corrected chi connectivity index (χ3v) is 5.31. The smallest absolute Gasteiger partial charge is 0.271 e. The van der Waals surface area contributed by atoms with Gasteiger partial charge in [-0.15, -0.1) is 0 Å². The van der Waals surface area contributed by atoms with Crippen molar-refractivity contribution in [1.29, 1.82) is 0 Å². The van der Waals surface area contributed by atoms with E-state index in [4.69, 9.17) is 16.3 Å². The van der Waals surface area contributed by atoms with E-state index >= 15 is 0 Å². The van der Waals surface area contributed by atoms with Gasteiger partial charge in [0.15, 0.2) is 0 Å². The van der Waals surface area contributed by atoms with Gasteiger partial charge in [0.1, 0.15) is 12.4 Å². The van der Waals surface area contributed by atoms with Crippen molar-refractivity contribution >= 4 is 55.6 Å². The number of nitrogens with one attached hydrogen (secondary N) is 1. The van der Waals surface area contributed by atoms with Crippen LogP contribution in [0.5, 0.6) is 5.75 Å². The first kappa shape index (κ1) is 20.6. The van der Waals surface area contributed by atoms with Crippen LogP contribution in [0.1, 0.15) is 21.5 Å². The van der Waals surface area contributed by atoms with Gasteiger partial charge in [0.2, 0.25) is 0 Å². The Morgan fingerprint density at radius 3 is 2.36 bits per heavy atom. The summed E-state index contributed by atoms with van der Waals surface area (Å²) < 4.78 is 7.41. The van der Waals surface area contributed by atoms with Gasteiger partial charge in [-0.1, -0.05) is 48.0 Å². The molecule has 0 aliphatic heterocycles.